The fourth-order valence-electron chi connectivity index (χ4n) is 5.12. The molecule has 2 aliphatic heterocycles. The highest BCUT2D eigenvalue weighted by Crippen LogP contribution is 2.33. The van der Waals surface area contributed by atoms with E-state index in [1.165, 1.54) is 48.9 Å². The van der Waals surface area contributed by atoms with Crippen LogP contribution in [0.3, 0.4) is 0 Å². The molecule has 1 fully saturated rings. The van der Waals surface area contributed by atoms with Gasteiger partial charge in [-0.3, -0.25) is 4.90 Å². The van der Waals surface area contributed by atoms with Crippen LogP contribution in [0.15, 0.2) is 30.5 Å². The van der Waals surface area contributed by atoms with Gasteiger partial charge in [-0.05, 0) is 94.1 Å². The van der Waals surface area contributed by atoms with Crippen molar-refractivity contribution in [3.05, 3.63) is 47.2 Å². The fourth-order valence-corrected chi connectivity index (χ4v) is 5.12. The van der Waals surface area contributed by atoms with E-state index in [0.29, 0.717) is 0 Å². The van der Waals surface area contributed by atoms with Crippen molar-refractivity contribution in [1.82, 2.24) is 9.80 Å². The first-order valence-corrected chi connectivity index (χ1v) is 20.1. The lowest BCUT2D eigenvalue weighted by atomic mass is 9.92. The van der Waals surface area contributed by atoms with Crippen molar-refractivity contribution in [2.75, 3.05) is 13.1 Å². The maximum absolute atomic E-state index is 2.61. The topological polar surface area (TPSA) is 6.48 Å². The molecule has 0 bridgehead atoms. The van der Waals surface area contributed by atoms with E-state index in [1.807, 2.05) is 13.8 Å². The van der Waals surface area contributed by atoms with Crippen molar-refractivity contribution < 1.29 is 0 Å². The van der Waals surface area contributed by atoms with Gasteiger partial charge in [-0.2, -0.15) is 0 Å². The standard InChI is InChI=1S/C12H18.C10H21N.C8H15N.4C3H8.C2H6.6CH4/c1-4-10-7-11(5-2)9-12(6-3)8-10;1-6-11-9(4)7(2)8(3)10(11)5;1-4-9-6-5-7(2)8(9)3;4*1-3-2;1-2;;;;;;/h7-9H,4-6H2,1-3H3;7-10H,6H2,1-5H3;5-8H,4H2,1-3H3;4*3H2,1-2H3;1-2H3;6*1H4/t;7-,8+,9-,10+;7-,8-;;;;;;;;;;;/m..0.........../s1. The molecular weight excluding hydrogens is 629 g/mol. The molecule has 1 aromatic carbocycles. The third-order valence-corrected chi connectivity index (χ3v) is 8.33. The zero-order valence-electron chi connectivity index (χ0n) is 36.1. The Kier molecular flexibility index (Phi) is 86.3. The molecule has 0 N–H and O–H groups in total. The van der Waals surface area contributed by atoms with Gasteiger partial charge in [0.2, 0.25) is 0 Å². The molecule has 6 atom stereocenters. The summed E-state index contributed by atoms with van der Waals surface area (Å²) in [6.07, 6.45) is 12.9. The lowest BCUT2D eigenvalue weighted by Gasteiger charge is -2.25. The molecule has 1 aromatic rings. The van der Waals surface area contributed by atoms with Crippen molar-refractivity contribution >= 4 is 0 Å². The highest BCUT2D eigenvalue weighted by molar-refractivity contribution is 5.30. The molecule has 1 saturated heterocycles. The smallest absolute Gasteiger partial charge is 0.0316 e. The van der Waals surface area contributed by atoms with E-state index in [1.54, 1.807) is 0 Å². The Morgan fingerprint density at radius 2 is 0.673 bits per heavy atom. The molecule has 52 heavy (non-hydrogen) atoms. The molecule has 2 aliphatic rings. The predicted molar refractivity (Wildman–Crippen MR) is 260 cm³/mol. The first kappa shape index (κ1) is 79.5. The van der Waals surface area contributed by atoms with Crippen LogP contribution in [-0.4, -0.2) is 41.0 Å². The Morgan fingerprint density at radius 1 is 0.423 bits per heavy atom. The largest absolute Gasteiger partial charge is 0.375 e. The average Bonchev–Trinajstić information content (AvgIpc) is 3.48. The number of hydrogen-bond acceptors (Lipinski definition) is 2. The van der Waals surface area contributed by atoms with Gasteiger partial charge in [-0.1, -0.05) is 212 Å². The average molecular weight is 745 g/mol. The fraction of sp³-hybridized carbons (Fsp3) is 0.840. The third-order valence-electron chi connectivity index (χ3n) is 8.33. The minimum Gasteiger partial charge on any atom is -0.375 e. The monoisotopic (exact) mass is 745 g/mol. The lowest BCUT2D eigenvalue weighted by molar-refractivity contribution is 0.209. The predicted octanol–water partition coefficient (Wildman–Crippen LogP) is 18.1. The van der Waals surface area contributed by atoms with Crippen LogP contribution in [0.5, 0.6) is 0 Å². The molecular formula is C50H116N2. The molecule has 3 rings (SSSR count). The van der Waals surface area contributed by atoms with Crippen LogP contribution in [0.1, 0.15) is 232 Å². The Balaban J connectivity index is -0.0000000438. The Hall–Kier alpha value is -1.28. The number of aryl methyl sites for hydroxylation is 3. The van der Waals surface area contributed by atoms with E-state index >= 15 is 0 Å². The zero-order valence-corrected chi connectivity index (χ0v) is 36.1. The molecule has 0 spiro atoms. The number of likely N-dealkylation sites (tertiary alicyclic amines) is 1. The van der Waals surface area contributed by atoms with Crippen LogP contribution in [0.4, 0.5) is 0 Å². The summed E-state index contributed by atoms with van der Waals surface area (Å²) in [5.74, 6) is 2.47. The van der Waals surface area contributed by atoms with Crippen LogP contribution in [-0.2, 0) is 19.3 Å². The maximum atomic E-state index is 2.61. The van der Waals surface area contributed by atoms with Crippen LogP contribution >= 0.6 is 0 Å². The molecule has 2 nitrogen and oxygen atoms in total. The molecule has 0 radical (unpaired) electrons. The minimum atomic E-state index is 0. The van der Waals surface area contributed by atoms with Gasteiger partial charge in [0.25, 0.3) is 0 Å². The minimum absolute atomic E-state index is 0. The van der Waals surface area contributed by atoms with Crippen molar-refractivity contribution in [3.8, 4) is 0 Å². The van der Waals surface area contributed by atoms with Crippen LogP contribution in [0.25, 0.3) is 0 Å². The summed E-state index contributed by atoms with van der Waals surface area (Å²) in [5.41, 5.74) is 4.43. The summed E-state index contributed by atoms with van der Waals surface area (Å²) >= 11 is 0. The first-order valence-electron chi connectivity index (χ1n) is 20.1. The normalized spacial score (nSPS) is 19.6. The summed E-state index contributed by atoms with van der Waals surface area (Å²) in [4.78, 5) is 4.97. The second kappa shape index (κ2) is 56.5. The molecule has 0 saturated carbocycles. The van der Waals surface area contributed by atoms with E-state index in [9.17, 15) is 0 Å². The van der Waals surface area contributed by atoms with E-state index in [0.717, 1.165) is 61.7 Å². The van der Waals surface area contributed by atoms with Gasteiger partial charge in [-0.15, -0.1) is 0 Å². The number of hydrogen-bond donors (Lipinski definition) is 0. The summed E-state index contributed by atoms with van der Waals surface area (Å²) < 4.78 is 0. The highest BCUT2D eigenvalue weighted by Gasteiger charge is 2.38. The molecule has 2 heterocycles. The summed E-state index contributed by atoms with van der Waals surface area (Å²) in [6, 6.07) is 9.24. The summed E-state index contributed by atoms with van der Waals surface area (Å²) in [5, 5.41) is 0. The van der Waals surface area contributed by atoms with Gasteiger partial charge in [-0.25, -0.2) is 0 Å². The van der Waals surface area contributed by atoms with Crippen molar-refractivity contribution in [2.24, 2.45) is 17.8 Å². The van der Waals surface area contributed by atoms with Gasteiger partial charge in [0.05, 0.1) is 0 Å². The number of benzene rings is 1. The van der Waals surface area contributed by atoms with Gasteiger partial charge in [0.1, 0.15) is 0 Å². The van der Waals surface area contributed by atoms with Gasteiger partial charge in [0, 0.05) is 24.7 Å². The quantitative estimate of drug-likeness (QED) is 0.296. The van der Waals surface area contributed by atoms with Crippen molar-refractivity contribution in [3.63, 3.8) is 0 Å². The van der Waals surface area contributed by atoms with E-state index in [-0.39, 0.29) is 44.6 Å². The molecule has 326 valence electrons. The van der Waals surface area contributed by atoms with Gasteiger partial charge >= 0.3 is 0 Å². The maximum Gasteiger partial charge on any atom is 0.0316 e. The second-order valence-corrected chi connectivity index (χ2v) is 12.8. The van der Waals surface area contributed by atoms with Gasteiger partial charge < -0.3 is 4.90 Å². The zero-order chi connectivity index (χ0) is 37.3. The van der Waals surface area contributed by atoms with Crippen molar-refractivity contribution in [1.29, 1.82) is 0 Å². The van der Waals surface area contributed by atoms with Crippen molar-refractivity contribution in [2.45, 2.75) is 253 Å². The Morgan fingerprint density at radius 3 is 0.788 bits per heavy atom. The lowest BCUT2D eigenvalue weighted by Crippen LogP contribution is -2.34. The SMILES string of the molecule is C.C.C.C.C.C.CC.CCC.CCC.CCC.CCC.CCN1C=C[C@H](C)[C@@H]1C.CCN1[C@H](C)[C@H](C)[C@H](C)[C@@H]1C.CCc1cc(CC)cc(CC)c1. The first-order chi connectivity index (χ1) is 21.8. The molecule has 0 unspecified atom stereocenters. The van der Waals surface area contributed by atoms with Crippen LogP contribution in [0.2, 0.25) is 0 Å². The highest BCUT2D eigenvalue weighted by atomic mass is 15.2. The number of nitrogens with zero attached hydrogens (tertiary/aromatic N) is 2. The molecule has 0 aliphatic carbocycles. The van der Waals surface area contributed by atoms with Crippen LogP contribution in [0, 0.1) is 17.8 Å². The van der Waals surface area contributed by atoms with Crippen LogP contribution < -0.4 is 0 Å². The van der Waals surface area contributed by atoms with E-state index in [4.69, 9.17) is 0 Å². The van der Waals surface area contributed by atoms with Gasteiger partial charge in [0.15, 0.2) is 0 Å². The third kappa shape index (κ3) is 38.4. The van der Waals surface area contributed by atoms with E-state index < -0.39 is 0 Å². The molecule has 0 aromatic heterocycles. The Labute approximate surface area is 339 Å². The Bertz CT molecular complexity index is 663. The molecule has 2 heteroatoms. The molecule has 0 amide bonds. The number of rotatable bonds is 5. The summed E-state index contributed by atoms with van der Waals surface area (Å²) in [6.45, 7) is 48.4. The second-order valence-electron chi connectivity index (χ2n) is 12.8. The summed E-state index contributed by atoms with van der Waals surface area (Å²) in [7, 11) is 0. The van der Waals surface area contributed by atoms with E-state index in [2.05, 4.69) is 172 Å².